The number of rotatable bonds is 4. The number of nitrogens with zero attached hydrogens (tertiary/aromatic N) is 5. The van der Waals surface area contributed by atoms with E-state index >= 15 is 0 Å². The lowest BCUT2D eigenvalue weighted by molar-refractivity contribution is -0.385. The molecule has 0 aliphatic carbocycles. The predicted octanol–water partition coefficient (Wildman–Crippen LogP) is 1.93. The van der Waals surface area contributed by atoms with Crippen LogP contribution in [0.2, 0.25) is 0 Å². The van der Waals surface area contributed by atoms with Crippen molar-refractivity contribution in [1.82, 2.24) is 19.6 Å². The number of hydrogen-bond acceptors (Lipinski definition) is 6. The number of aromatic nitrogens is 4. The highest BCUT2D eigenvalue weighted by Crippen LogP contribution is 2.14. The van der Waals surface area contributed by atoms with Gasteiger partial charge in [0.15, 0.2) is 5.76 Å². The molecule has 0 saturated heterocycles. The summed E-state index contributed by atoms with van der Waals surface area (Å²) in [7, 11) is 0. The molecule has 0 atom stereocenters. The van der Waals surface area contributed by atoms with E-state index in [-0.39, 0.29) is 23.9 Å². The molecule has 0 spiro atoms. The van der Waals surface area contributed by atoms with Crippen molar-refractivity contribution in [1.29, 1.82) is 0 Å². The van der Waals surface area contributed by atoms with Crippen molar-refractivity contribution in [2.24, 2.45) is 0 Å². The van der Waals surface area contributed by atoms with E-state index in [0.29, 0.717) is 11.5 Å². The summed E-state index contributed by atoms with van der Waals surface area (Å²) in [5.41, 5.74) is 1.36. The van der Waals surface area contributed by atoms with Crippen LogP contribution in [0, 0.1) is 24.0 Å². The van der Waals surface area contributed by atoms with Gasteiger partial charge in [-0.05, 0) is 32.0 Å². The van der Waals surface area contributed by atoms with Gasteiger partial charge in [-0.1, -0.05) is 0 Å². The minimum atomic E-state index is -0.524. The van der Waals surface area contributed by atoms with E-state index in [1.54, 1.807) is 32.0 Å². The van der Waals surface area contributed by atoms with E-state index < -0.39 is 4.92 Å². The first-order chi connectivity index (χ1) is 10.9. The zero-order valence-corrected chi connectivity index (χ0v) is 12.5. The molecule has 0 saturated carbocycles. The second-order valence-electron chi connectivity index (χ2n) is 5.06. The van der Waals surface area contributed by atoms with Gasteiger partial charge in [-0.3, -0.25) is 19.6 Å². The van der Waals surface area contributed by atoms with Gasteiger partial charge < -0.3 is 4.42 Å². The Bertz CT molecular complexity index is 889. The van der Waals surface area contributed by atoms with Crippen LogP contribution in [0.5, 0.6) is 0 Å². The molecule has 3 aromatic rings. The lowest BCUT2D eigenvalue weighted by atomic mass is 10.4. The first-order valence-corrected chi connectivity index (χ1v) is 6.77. The zero-order chi connectivity index (χ0) is 16.6. The van der Waals surface area contributed by atoms with Crippen molar-refractivity contribution in [3.05, 3.63) is 63.6 Å². The second kappa shape index (κ2) is 5.52. The van der Waals surface area contributed by atoms with Crippen molar-refractivity contribution < 1.29 is 14.1 Å². The lowest BCUT2D eigenvalue weighted by Crippen LogP contribution is -2.14. The average Bonchev–Trinajstić information content (AvgIpc) is 3.19. The Labute approximate surface area is 130 Å². The van der Waals surface area contributed by atoms with E-state index in [2.05, 4.69) is 10.2 Å². The zero-order valence-electron chi connectivity index (χ0n) is 12.5. The third kappa shape index (κ3) is 2.89. The van der Waals surface area contributed by atoms with Gasteiger partial charge in [-0.15, -0.1) is 0 Å². The Morgan fingerprint density at radius 1 is 1.39 bits per heavy atom. The van der Waals surface area contributed by atoms with Crippen LogP contribution in [0.1, 0.15) is 27.7 Å². The minimum Gasteiger partial charge on any atom is -0.454 e. The first kappa shape index (κ1) is 14.7. The van der Waals surface area contributed by atoms with E-state index in [1.165, 1.54) is 15.6 Å². The maximum absolute atomic E-state index is 12.3. The third-order valence-electron chi connectivity index (χ3n) is 3.22. The number of carbonyl (C=O) groups is 1. The Balaban J connectivity index is 1.78. The normalized spacial score (nSPS) is 10.9. The van der Waals surface area contributed by atoms with E-state index in [9.17, 15) is 14.9 Å². The maximum Gasteiger partial charge on any atom is 0.314 e. The van der Waals surface area contributed by atoms with Crippen molar-refractivity contribution in [2.45, 2.75) is 20.4 Å². The minimum absolute atomic E-state index is 0.101. The van der Waals surface area contributed by atoms with Crippen molar-refractivity contribution >= 4 is 11.6 Å². The van der Waals surface area contributed by atoms with Crippen LogP contribution in [0.3, 0.4) is 0 Å². The molecule has 9 nitrogen and oxygen atoms in total. The molecular formula is C14H13N5O4. The molecule has 9 heteroatoms. The molecule has 118 valence electrons. The van der Waals surface area contributed by atoms with Gasteiger partial charge in [0.2, 0.25) is 0 Å². The quantitative estimate of drug-likeness (QED) is 0.537. The van der Waals surface area contributed by atoms with Gasteiger partial charge in [0.1, 0.15) is 18.2 Å². The molecule has 0 radical (unpaired) electrons. The SMILES string of the molecule is Cc1cc(C)n(C(=O)c2ccc(Cn3cc([N+](=O)[O-])cn3)o2)n1. The van der Waals surface area contributed by atoms with E-state index in [1.807, 2.05) is 0 Å². The molecule has 0 aromatic carbocycles. The van der Waals surface area contributed by atoms with Crippen molar-refractivity contribution in [2.75, 3.05) is 0 Å². The van der Waals surface area contributed by atoms with Gasteiger partial charge in [0, 0.05) is 5.69 Å². The highest BCUT2D eigenvalue weighted by Gasteiger charge is 2.17. The molecule has 3 aromatic heterocycles. The monoisotopic (exact) mass is 315 g/mol. The number of nitro groups is 1. The van der Waals surface area contributed by atoms with Gasteiger partial charge in [0.05, 0.1) is 17.2 Å². The summed E-state index contributed by atoms with van der Waals surface area (Å²) in [6.07, 6.45) is 2.45. The molecule has 3 heterocycles. The van der Waals surface area contributed by atoms with Crippen LogP contribution in [0.15, 0.2) is 35.0 Å². The first-order valence-electron chi connectivity index (χ1n) is 6.77. The highest BCUT2D eigenvalue weighted by atomic mass is 16.6. The summed E-state index contributed by atoms with van der Waals surface area (Å²) in [5, 5.41) is 18.6. The van der Waals surface area contributed by atoms with Gasteiger partial charge in [-0.25, -0.2) is 0 Å². The average molecular weight is 315 g/mol. The van der Waals surface area contributed by atoms with Crippen LogP contribution in [0.4, 0.5) is 5.69 Å². The molecule has 0 unspecified atom stereocenters. The molecule has 0 N–H and O–H groups in total. The highest BCUT2D eigenvalue weighted by molar-refractivity contribution is 5.93. The number of furan rings is 1. The molecule has 0 amide bonds. The third-order valence-corrected chi connectivity index (χ3v) is 3.22. The summed E-state index contributed by atoms with van der Waals surface area (Å²) in [5.74, 6) is 0.244. The van der Waals surface area contributed by atoms with Gasteiger partial charge >= 0.3 is 11.6 Å². The smallest absolute Gasteiger partial charge is 0.314 e. The fraction of sp³-hybridized carbons (Fsp3) is 0.214. The standard InChI is InChI=1S/C14H13N5O4/c1-9-5-10(2)18(16-9)14(20)13-4-3-12(23-13)8-17-7-11(6-15-17)19(21)22/h3-7H,8H2,1-2H3. The van der Waals surface area contributed by atoms with Crippen LogP contribution in [-0.4, -0.2) is 30.4 Å². The van der Waals surface area contributed by atoms with Crippen LogP contribution < -0.4 is 0 Å². The molecular weight excluding hydrogens is 302 g/mol. The number of carbonyl (C=O) groups excluding carboxylic acids is 1. The maximum atomic E-state index is 12.3. The van der Waals surface area contributed by atoms with Crippen LogP contribution in [0.25, 0.3) is 0 Å². The molecule has 3 rings (SSSR count). The van der Waals surface area contributed by atoms with E-state index in [0.717, 1.165) is 11.9 Å². The van der Waals surface area contributed by atoms with Gasteiger partial charge in [-0.2, -0.15) is 14.9 Å². The molecule has 0 fully saturated rings. The Hall–Kier alpha value is -3.23. The Morgan fingerprint density at radius 3 is 2.78 bits per heavy atom. The fourth-order valence-electron chi connectivity index (χ4n) is 2.21. The Morgan fingerprint density at radius 2 is 2.17 bits per heavy atom. The Kier molecular flexibility index (Phi) is 3.53. The molecule has 0 bridgehead atoms. The van der Waals surface area contributed by atoms with Crippen molar-refractivity contribution in [3.63, 3.8) is 0 Å². The summed E-state index contributed by atoms with van der Waals surface area (Å²) in [6, 6.07) is 4.98. The van der Waals surface area contributed by atoms with E-state index in [4.69, 9.17) is 4.42 Å². The summed E-state index contributed by atoms with van der Waals surface area (Å²) in [4.78, 5) is 22.4. The van der Waals surface area contributed by atoms with Crippen LogP contribution in [-0.2, 0) is 6.54 Å². The topological polar surface area (TPSA) is 109 Å². The van der Waals surface area contributed by atoms with Crippen molar-refractivity contribution in [3.8, 4) is 0 Å². The fourth-order valence-corrected chi connectivity index (χ4v) is 2.21. The number of hydrogen-bond donors (Lipinski definition) is 0. The molecule has 0 aliphatic rings. The number of aryl methyl sites for hydroxylation is 2. The molecule has 0 aliphatic heterocycles. The molecule has 23 heavy (non-hydrogen) atoms. The summed E-state index contributed by atoms with van der Waals surface area (Å²) in [6.45, 7) is 3.78. The van der Waals surface area contributed by atoms with Gasteiger partial charge in [0.25, 0.3) is 0 Å². The second-order valence-corrected chi connectivity index (χ2v) is 5.06. The lowest BCUT2D eigenvalue weighted by Gasteiger charge is -2.00. The predicted molar refractivity (Wildman–Crippen MR) is 78.1 cm³/mol. The largest absolute Gasteiger partial charge is 0.454 e. The summed E-state index contributed by atoms with van der Waals surface area (Å²) < 4.78 is 8.14. The summed E-state index contributed by atoms with van der Waals surface area (Å²) >= 11 is 0. The van der Waals surface area contributed by atoms with Crippen LogP contribution >= 0.6 is 0 Å².